The number of anilines is 1. The largest absolute Gasteiger partial charge is 0.497 e. The van der Waals surface area contributed by atoms with Crippen LogP contribution >= 0.6 is 0 Å². The number of aromatic amines is 1. The van der Waals surface area contributed by atoms with E-state index in [0.29, 0.717) is 17.1 Å². The van der Waals surface area contributed by atoms with Gasteiger partial charge in [0.25, 0.3) is 5.91 Å². The van der Waals surface area contributed by atoms with E-state index in [1.807, 2.05) is 6.07 Å². The minimum Gasteiger partial charge on any atom is -0.497 e. The predicted molar refractivity (Wildman–Crippen MR) is 64.2 cm³/mol. The number of nitriles is 1. The molecule has 0 aliphatic carbocycles. The molecule has 90 valence electrons. The van der Waals surface area contributed by atoms with Crippen LogP contribution in [0, 0.1) is 11.3 Å². The van der Waals surface area contributed by atoms with E-state index in [0.717, 1.165) is 0 Å². The molecule has 6 heteroatoms. The standard InChI is InChI=1S/C12H10N4O2/c1-18-10-4-2-8(3-5-10)12(17)15-11-9(6-13)7-14-16-11/h2-5,7H,1H3,(H2,14,15,16,17). The van der Waals surface area contributed by atoms with Crippen LogP contribution in [0.3, 0.4) is 0 Å². The van der Waals surface area contributed by atoms with E-state index < -0.39 is 0 Å². The molecule has 0 spiro atoms. The molecule has 2 rings (SSSR count). The van der Waals surface area contributed by atoms with Gasteiger partial charge in [-0.3, -0.25) is 9.89 Å². The highest BCUT2D eigenvalue weighted by atomic mass is 16.5. The highest BCUT2D eigenvalue weighted by Crippen LogP contribution is 2.14. The van der Waals surface area contributed by atoms with Gasteiger partial charge in [0.15, 0.2) is 0 Å². The van der Waals surface area contributed by atoms with Crippen molar-refractivity contribution in [3.8, 4) is 11.8 Å². The number of nitrogens with one attached hydrogen (secondary N) is 2. The monoisotopic (exact) mass is 242 g/mol. The Morgan fingerprint density at radius 3 is 2.78 bits per heavy atom. The quantitative estimate of drug-likeness (QED) is 0.854. The van der Waals surface area contributed by atoms with E-state index >= 15 is 0 Å². The molecule has 1 heterocycles. The van der Waals surface area contributed by atoms with Crippen LogP contribution < -0.4 is 10.1 Å². The lowest BCUT2D eigenvalue weighted by Gasteiger charge is -2.04. The van der Waals surface area contributed by atoms with Gasteiger partial charge in [0.2, 0.25) is 0 Å². The first-order chi connectivity index (χ1) is 8.74. The van der Waals surface area contributed by atoms with E-state index in [-0.39, 0.29) is 11.5 Å². The summed E-state index contributed by atoms with van der Waals surface area (Å²) in [6, 6.07) is 8.57. The second-order valence-corrected chi connectivity index (χ2v) is 3.45. The number of nitrogens with zero attached hydrogens (tertiary/aromatic N) is 2. The number of carbonyl (C=O) groups excluding carboxylic acids is 1. The Morgan fingerprint density at radius 1 is 1.44 bits per heavy atom. The summed E-state index contributed by atoms with van der Waals surface area (Å²) >= 11 is 0. The molecule has 0 saturated heterocycles. The molecule has 0 atom stereocenters. The van der Waals surface area contributed by atoms with E-state index in [1.54, 1.807) is 31.4 Å². The molecule has 0 bridgehead atoms. The fourth-order valence-corrected chi connectivity index (χ4v) is 1.39. The molecule has 2 aromatic rings. The molecule has 0 fully saturated rings. The summed E-state index contributed by atoms with van der Waals surface area (Å²) in [6.45, 7) is 0. The van der Waals surface area contributed by atoms with E-state index in [2.05, 4.69) is 15.5 Å². The molecule has 0 unspecified atom stereocenters. The van der Waals surface area contributed by atoms with Gasteiger partial charge in [-0.15, -0.1) is 0 Å². The van der Waals surface area contributed by atoms with Crippen LogP contribution in [0.15, 0.2) is 30.5 Å². The lowest BCUT2D eigenvalue weighted by Crippen LogP contribution is -2.12. The van der Waals surface area contributed by atoms with Crippen molar-refractivity contribution in [2.24, 2.45) is 0 Å². The van der Waals surface area contributed by atoms with Gasteiger partial charge in [-0.05, 0) is 24.3 Å². The summed E-state index contributed by atoms with van der Waals surface area (Å²) in [5.41, 5.74) is 0.756. The second-order valence-electron chi connectivity index (χ2n) is 3.45. The third-order valence-electron chi connectivity index (χ3n) is 2.35. The minimum absolute atomic E-state index is 0.289. The van der Waals surface area contributed by atoms with Gasteiger partial charge < -0.3 is 10.1 Å². The Balaban J connectivity index is 2.15. The zero-order chi connectivity index (χ0) is 13.0. The lowest BCUT2D eigenvalue weighted by molar-refractivity contribution is 0.102. The molecule has 18 heavy (non-hydrogen) atoms. The van der Waals surface area contributed by atoms with E-state index in [9.17, 15) is 4.79 Å². The van der Waals surface area contributed by atoms with Gasteiger partial charge in [-0.1, -0.05) is 0 Å². The van der Waals surface area contributed by atoms with Crippen LogP contribution in [0.1, 0.15) is 15.9 Å². The van der Waals surface area contributed by atoms with Crippen molar-refractivity contribution in [3.05, 3.63) is 41.6 Å². The van der Waals surface area contributed by atoms with Crippen molar-refractivity contribution in [2.75, 3.05) is 12.4 Å². The van der Waals surface area contributed by atoms with Gasteiger partial charge in [0.1, 0.15) is 23.2 Å². The Bertz CT molecular complexity index is 595. The molecular formula is C12H10N4O2. The van der Waals surface area contributed by atoms with Crippen LogP contribution in [0.5, 0.6) is 5.75 Å². The van der Waals surface area contributed by atoms with Crippen LogP contribution in [0.25, 0.3) is 0 Å². The maximum atomic E-state index is 11.9. The number of hydrogen-bond donors (Lipinski definition) is 2. The second kappa shape index (κ2) is 5.01. The van der Waals surface area contributed by atoms with Gasteiger partial charge >= 0.3 is 0 Å². The Morgan fingerprint density at radius 2 is 2.17 bits per heavy atom. The first-order valence-electron chi connectivity index (χ1n) is 5.13. The number of aromatic nitrogens is 2. The molecular weight excluding hydrogens is 232 g/mol. The maximum Gasteiger partial charge on any atom is 0.256 e. The van der Waals surface area contributed by atoms with Crippen molar-refractivity contribution >= 4 is 11.7 Å². The summed E-state index contributed by atoms with van der Waals surface area (Å²) in [6.07, 6.45) is 1.35. The SMILES string of the molecule is COc1ccc(C(=O)Nc2[nH]ncc2C#N)cc1. The zero-order valence-corrected chi connectivity index (χ0v) is 9.60. The maximum absolute atomic E-state index is 11.9. The lowest BCUT2D eigenvalue weighted by atomic mass is 10.2. The van der Waals surface area contributed by atoms with Gasteiger partial charge in [0.05, 0.1) is 13.3 Å². The van der Waals surface area contributed by atoms with Crippen LogP contribution in [-0.4, -0.2) is 23.2 Å². The summed E-state index contributed by atoms with van der Waals surface area (Å²) in [5, 5.41) is 17.6. The number of rotatable bonds is 3. The van der Waals surface area contributed by atoms with Crippen LogP contribution in [-0.2, 0) is 0 Å². The predicted octanol–water partition coefficient (Wildman–Crippen LogP) is 1.54. The molecule has 1 aromatic heterocycles. The van der Waals surface area contributed by atoms with Crippen molar-refractivity contribution in [1.82, 2.24) is 10.2 Å². The third kappa shape index (κ3) is 2.30. The molecule has 0 radical (unpaired) electrons. The summed E-state index contributed by atoms with van der Waals surface area (Å²) in [5.74, 6) is 0.641. The van der Waals surface area contributed by atoms with Crippen molar-refractivity contribution in [3.63, 3.8) is 0 Å². The average Bonchev–Trinajstić information content (AvgIpc) is 2.86. The minimum atomic E-state index is -0.321. The van der Waals surface area contributed by atoms with Crippen LogP contribution in [0.2, 0.25) is 0 Å². The van der Waals surface area contributed by atoms with Gasteiger partial charge in [-0.25, -0.2) is 0 Å². The number of carbonyl (C=O) groups is 1. The Hall–Kier alpha value is -2.81. The number of hydrogen-bond acceptors (Lipinski definition) is 4. The first-order valence-corrected chi connectivity index (χ1v) is 5.13. The summed E-state index contributed by atoms with van der Waals surface area (Å²) in [7, 11) is 1.55. The Labute approximate surface area is 103 Å². The molecule has 6 nitrogen and oxygen atoms in total. The molecule has 2 N–H and O–H groups in total. The highest BCUT2D eigenvalue weighted by Gasteiger charge is 2.10. The zero-order valence-electron chi connectivity index (χ0n) is 9.60. The van der Waals surface area contributed by atoms with Gasteiger partial charge in [0, 0.05) is 5.56 Å². The summed E-state index contributed by atoms with van der Waals surface area (Å²) in [4.78, 5) is 11.9. The molecule has 1 aromatic carbocycles. The van der Waals surface area contributed by atoms with E-state index in [1.165, 1.54) is 6.20 Å². The van der Waals surface area contributed by atoms with Crippen molar-refractivity contribution in [1.29, 1.82) is 5.26 Å². The number of methoxy groups -OCH3 is 1. The fraction of sp³-hybridized carbons (Fsp3) is 0.0833. The topological polar surface area (TPSA) is 90.8 Å². The molecule has 1 amide bonds. The summed E-state index contributed by atoms with van der Waals surface area (Å²) < 4.78 is 5.00. The average molecular weight is 242 g/mol. The number of ether oxygens (including phenoxy) is 1. The number of benzene rings is 1. The number of H-pyrrole nitrogens is 1. The van der Waals surface area contributed by atoms with Crippen molar-refractivity contribution < 1.29 is 9.53 Å². The number of amides is 1. The molecule has 0 aliphatic heterocycles. The normalized spacial score (nSPS) is 9.56. The molecule has 0 aliphatic rings. The third-order valence-corrected chi connectivity index (χ3v) is 2.35. The van der Waals surface area contributed by atoms with E-state index in [4.69, 9.17) is 10.00 Å². The highest BCUT2D eigenvalue weighted by molar-refractivity contribution is 6.04. The first kappa shape index (κ1) is 11.7. The van der Waals surface area contributed by atoms with Crippen LogP contribution in [0.4, 0.5) is 5.82 Å². The Kier molecular flexibility index (Phi) is 3.25. The molecule has 0 saturated carbocycles. The smallest absolute Gasteiger partial charge is 0.256 e. The van der Waals surface area contributed by atoms with Crippen molar-refractivity contribution in [2.45, 2.75) is 0 Å². The van der Waals surface area contributed by atoms with Gasteiger partial charge in [-0.2, -0.15) is 10.4 Å². The fourth-order valence-electron chi connectivity index (χ4n) is 1.39.